The summed E-state index contributed by atoms with van der Waals surface area (Å²) in [5, 5.41) is 17.3. The monoisotopic (exact) mass is 311 g/mol. The predicted octanol–water partition coefficient (Wildman–Crippen LogP) is 2.82. The van der Waals surface area contributed by atoms with Gasteiger partial charge in [0.2, 0.25) is 5.88 Å². The molecule has 2 heterocycles. The van der Waals surface area contributed by atoms with Crippen molar-refractivity contribution < 1.29 is 14.6 Å². The van der Waals surface area contributed by atoms with Crippen LogP contribution in [0.4, 0.5) is 4.79 Å². The lowest BCUT2D eigenvalue weighted by atomic mass is 10.1. The van der Waals surface area contributed by atoms with Gasteiger partial charge in [0.25, 0.3) is 0 Å². The number of amides is 1. The summed E-state index contributed by atoms with van der Waals surface area (Å²) in [6.07, 6.45) is 1.79. The summed E-state index contributed by atoms with van der Waals surface area (Å²) in [5.41, 5.74) is 2.62. The van der Waals surface area contributed by atoms with Crippen LogP contribution in [-0.2, 0) is 6.61 Å². The van der Waals surface area contributed by atoms with Crippen LogP contribution < -0.4 is 4.74 Å². The van der Waals surface area contributed by atoms with Crippen molar-refractivity contribution in [3.8, 4) is 5.88 Å². The molecule has 0 saturated carbocycles. The van der Waals surface area contributed by atoms with Crippen molar-refractivity contribution in [3.05, 3.63) is 59.8 Å². The number of hydrogen-bond donors (Lipinski definition) is 1. The van der Waals surface area contributed by atoms with Crippen LogP contribution in [0.3, 0.4) is 0 Å². The van der Waals surface area contributed by atoms with Gasteiger partial charge >= 0.3 is 6.09 Å². The highest BCUT2D eigenvalue weighted by Gasteiger charge is 2.18. The van der Waals surface area contributed by atoms with E-state index in [0.717, 1.165) is 11.1 Å². The topological polar surface area (TPSA) is 75.5 Å². The largest absolute Gasteiger partial charge is 0.472 e. The number of nitrogens with zero attached hydrogens (tertiary/aromatic N) is 3. The van der Waals surface area contributed by atoms with Crippen molar-refractivity contribution in [1.82, 2.24) is 15.1 Å². The average molecular weight is 311 g/mol. The number of ether oxygens (including phenoxy) is 1. The van der Waals surface area contributed by atoms with Gasteiger partial charge in [-0.2, -0.15) is 0 Å². The molecule has 118 valence electrons. The SMILES string of the molecule is O=C(O)N1CCC=C(c2ccc(OCc3ccccc3)nn2)C1. The average Bonchev–Trinajstić information content (AvgIpc) is 2.61. The first-order chi connectivity index (χ1) is 11.2. The molecule has 0 fully saturated rings. The Morgan fingerprint density at radius 3 is 2.70 bits per heavy atom. The first-order valence-corrected chi connectivity index (χ1v) is 7.40. The maximum Gasteiger partial charge on any atom is 0.407 e. The molecule has 1 amide bonds. The Balaban J connectivity index is 1.63. The Morgan fingerprint density at radius 1 is 1.17 bits per heavy atom. The number of aromatic nitrogens is 2. The van der Waals surface area contributed by atoms with E-state index in [0.29, 0.717) is 37.7 Å². The smallest absolute Gasteiger partial charge is 0.407 e. The van der Waals surface area contributed by atoms with E-state index in [-0.39, 0.29) is 0 Å². The summed E-state index contributed by atoms with van der Waals surface area (Å²) in [7, 11) is 0. The number of benzene rings is 1. The number of hydrogen-bond acceptors (Lipinski definition) is 4. The highest BCUT2D eigenvalue weighted by atomic mass is 16.5. The van der Waals surface area contributed by atoms with Crippen LogP contribution in [0.25, 0.3) is 5.57 Å². The van der Waals surface area contributed by atoms with Gasteiger partial charge < -0.3 is 14.7 Å². The fourth-order valence-electron chi connectivity index (χ4n) is 2.39. The van der Waals surface area contributed by atoms with Gasteiger partial charge in [-0.3, -0.25) is 0 Å². The Labute approximate surface area is 134 Å². The first-order valence-electron chi connectivity index (χ1n) is 7.40. The van der Waals surface area contributed by atoms with Crippen LogP contribution in [0, 0.1) is 0 Å². The number of rotatable bonds is 4. The molecule has 1 aromatic carbocycles. The lowest BCUT2D eigenvalue weighted by Gasteiger charge is -2.24. The van der Waals surface area contributed by atoms with E-state index < -0.39 is 6.09 Å². The molecule has 0 saturated heterocycles. The third kappa shape index (κ3) is 3.85. The van der Waals surface area contributed by atoms with E-state index >= 15 is 0 Å². The number of carboxylic acid groups (broad SMARTS) is 1. The van der Waals surface area contributed by atoms with Crippen LogP contribution >= 0.6 is 0 Å². The molecule has 1 aliphatic rings. The van der Waals surface area contributed by atoms with E-state index in [2.05, 4.69) is 10.2 Å². The van der Waals surface area contributed by atoms with E-state index in [1.54, 1.807) is 6.07 Å². The predicted molar refractivity (Wildman–Crippen MR) is 85.0 cm³/mol. The summed E-state index contributed by atoms with van der Waals surface area (Å²) >= 11 is 0. The summed E-state index contributed by atoms with van der Waals surface area (Å²) < 4.78 is 5.60. The molecule has 0 radical (unpaired) electrons. The normalized spacial score (nSPS) is 14.3. The maximum atomic E-state index is 11.0. The van der Waals surface area contributed by atoms with Crippen LogP contribution in [0.2, 0.25) is 0 Å². The molecule has 0 unspecified atom stereocenters. The fraction of sp³-hybridized carbons (Fsp3) is 0.235. The van der Waals surface area contributed by atoms with Crippen LogP contribution in [0.5, 0.6) is 5.88 Å². The molecular formula is C17H17N3O3. The fourth-order valence-corrected chi connectivity index (χ4v) is 2.39. The molecule has 23 heavy (non-hydrogen) atoms. The minimum absolute atomic E-state index is 0.342. The third-order valence-electron chi connectivity index (χ3n) is 3.62. The molecule has 2 aromatic rings. The summed E-state index contributed by atoms with van der Waals surface area (Å²) in [5.74, 6) is 0.448. The van der Waals surface area contributed by atoms with Crippen molar-refractivity contribution in [2.45, 2.75) is 13.0 Å². The van der Waals surface area contributed by atoms with Gasteiger partial charge in [0.05, 0.1) is 12.2 Å². The van der Waals surface area contributed by atoms with E-state index in [1.165, 1.54) is 4.90 Å². The molecule has 3 rings (SSSR count). The number of carbonyl (C=O) groups is 1. The van der Waals surface area contributed by atoms with Crippen molar-refractivity contribution in [1.29, 1.82) is 0 Å². The third-order valence-corrected chi connectivity index (χ3v) is 3.62. The van der Waals surface area contributed by atoms with Gasteiger partial charge in [-0.1, -0.05) is 36.4 Å². The van der Waals surface area contributed by atoms with E-state index in [1.807, 2.05) is 42.5 Å². The standard InChI is InChI=1S/C17H17N3O3/c21-17(22)20-10-4-7-14(11-20)15-8-9-16(19-18-15)23-12-13-5-2-1-3-6-13/h1-3,5-9H,4,10-12H2,(H,21,22). The van der Waals surface area contributed by atoms with Crippen LogP contribution in [0.15, 0.2) is 48.5 Å². The second-order valence-corrected chi connectivity index (χ2v) is 5.25. The van der Waals surface area contributed by atoms with E-state index in [4.69, 9.17) is 9.84 Å². The molecule has 6 heteroatoms. The lowest BCUT2D eigenvalue weighted by molar-refractivity contribution is 0.150. The molecular weight excluding hydrogens is 294 g/mol. The Bertz CT molecular complexity index is 699. The molecule has 1 N–H and O–H groups in total. The summed E-state index contributed by atoms with van der Waals surface area (Å²) in [6, 6.07) is 13.4. The lowest BCUT2D eigenvalue weighted by Crippen LogP contribution is -2.34. The highest BCUT2D eigenvalue weighted by molar-refractivity contribution is 5.72. The Morgan fingerprint density at radius 2 is 2.00 bits per heavy atom. The first kappa shape index (κ1) is 15.0. The second kappa shape index (κ2) is 6.91. The zero-order valence-corrected chi connectivity index (χ0v) is 12.6. The molecule has 0 atom stereocenters. The highest BCUT2D eigenvalue weighted by Crippen LogP contribution is 2.20. The van der Waals surface area contributed by atoms with Gasteiger partial charge in [0.1, 0.15) is 6.61 Å². The molecule has 0 aliphatic carbocycles. The molecule has 1 aliphatic heterocycles. The van der Waals surface area contributed by atoms with Crippen LogP contribution in [0.1, 0.15) is 17.7 Å². The van der Waals surface area contributed by atoms with Gasteiger partial charge in [-0.15, -0.1) is 10.2 Å². The van der Waals surface area contributed by atoms with Gasteiger partial charge in [-0.25, -0.2) is 4.79 Å². The van der Waals surface area contributed by atoms with Crippen molar-refractivity contribution in [2.75, 3.05) is 13.1 Å². The molecule has 1 aromatic heterocycles. The summed E-state index contributed by atoms with van der Waals surface area (Å²) in [6.45, 7) is 1.29. The van der Waals surface area contributed by atoms with Crippen LogP contribution in [-0.4, -0.2) is 39.4 Å². The summed E-state index contributed by atoms with van der Waals surface area (Å²) in [4.78, 5) is 12.4. The Kier molecular flexibility index (Phi) is 4.52. The van der Waals surface area contributed by atoms with Crippen molar-refractivity contribution >= 4 is 11.7 Å². The zero-order chi connectivity index (χ0) is 16.1. The quantitative estimate of drug-likeness (QED) is 0.939. The zero-order valence-electron chi connectivity index (χ0n) is 12.6. The minimum atomic E-state index is -0.911. The van der Waals surface area contributed by atoms with E-state index in [9.17, 15) is 4.79 Å². The van der Waals surface area contributed by atoms with Crippen molar-refractivity contribution in [3.63, 3.8) is 0 Å². The van der Waals surface area contributed by atoms with Crippen molar-refractivity contribution in [2.24, 2.45) is 0 Å². The molecule has 0 bridgehead atoms. The Hall–Kier alpha value is -2.89. The molecule has 0 spiro atoms. The van der Waals surface area contributed by atoms with Gasteiger partial charge in [0.15, 0.2) is 0 Å². The maximum absolute atomic E-state index is 11.0. The van der Waals surface area contributed by atoms with Gasteiger partial charge in [0, 0.05) is 12.6 Å². The van der Waals surface area contributed by atoms with Gasteiger partial charge in [-0.05, 0) is 23.6 Å². The molecule has 6 nitrogen and oxygen atoms in total. The minimum Gasteiger partial charge on any atom is -0.472 e. The second-order valence-electron chi connectivity index (χ2n) is 5.25.